The lowest BCUT2D eigenvalue weighted by Gasteiger charge is -2.35. The first-order chi connectivity index (χ1) is 31.1. The van der Waals surface area contributed by atoms with Gasteiger partial charge in [0.1, 0.15) is 17.1 Å². The number of nitrogens with zero attached hydrogens (tertiary/aromatic N) is 9. The molecule has 0 aliphatic rings. The van der Waals surface area contributed by atoms with Crippen LogP contribution >= 0.6 is 0 Å². The van der Waals surface area contributed by atoms with Crippen molar-refractivity contribution in [3.05, 3.63) is 125 Å². The third-order valence-corrected chi connectivity index (χ3v) is 10.1. The number of amides is 4. The van der Waals surface area contributed by atoms with Gasteiger partial charge in [-0.05, 0) is 54.7 Å². The highest BCUT2D eigenvalue weighted by Gasteiger charge is 2.34. The monoisotopic (exact) mass is 901 g/mol. The summed E-state index contributed by atoms with van der Waals surface area (Å²) < 4.78 is 64.6. The first-order valence-electron chi connectivity index (χ1n) is 20.0. The molecule has 0 spiro atoms. The second kappa shape index (κ2) is 21.0. The summed E-state index contributed by atoms with van der Waals surface area (Å²) >= 11 is 0. The molecule has 19 nitrogen and oxygen atoms in total. The van der Waals surface area contributed by atoms with Gasteiger partial charge in [-0.2, -0.15) is 8.78 Å². The van der Waals surface area contributed by atoms with E-state index >= 15 is 0 Å². The molecule has 4 N–H and O–H groups in total. The van der Waals surface area contributed by atoms with E-state index in [1.165, 1.54) is 50.4 Å². The first kappa shape index (κ1) is 46.6. The zero-order valence-corrected chi connectivity index (χ0v) is 35.3. The topological polar surface area (TPSA) is 235 Å². The van der Waals surface area contributed by atoms with E-state index in [0.29, 0.717) is 28.2 Å². The van der Waals surface area contributed by atoms with E-state index in [1.54, 1.807) is 51.9 Å². The molecule has 340 valence electrons. The number of carbonyl (C=O) groups excluding carboxylic acids is 5. The van der Waals surface area contributed by atoms with Crippen molar-refractivity contribution in [2.45, 2.75) is 63.7 Å². The van der Waals surface area contributed by atoms with Gasteiger partial charge in [-0.15, -0.1) is 15.3 Å². The fourth-order valence-corrected chi connectivity index (χ4v) is 6.60. The van der Waals surface area contributed by atoms with E-state index in [1.807, 2.05) is 0 Å². The van der Waals surface area contributed by atoms with Gasteiger partial charge >= 0.3 is 5.97 Å². The minimum Gasteiger partial charge on any atom is -0.416 e. The van der Waals surface area contributed by atoms with Crippen LogP contribution < -0.4 is 26.0 Å². The van der Waals surface area contributed by atoms with Crippen LogP contribution in [-0.2, 0) is 55.2 Å². The Morgan fingerprint density at radius 1 is 0.569 bits per heavy atom. The van der Waals surface area contributed by atoms with Gasteiger partial charge in [-0.3, -0.25) is 33.2 Å². The van der Waals surface area contributed by atoms with Gasteiger partial charge in [0.05, 0.1) is 25.2 Å². The molecule has 0 aliphatic carbocycles. The van der Waals surface area contributed by atoms with Crippen LogP contribution in [-0.4, -0.2) is 80.1 Å². The summed E-state index contributed by atoms with van der Waals surface area (Å²) in [6.45, 7) is 0.282. The molecule has 3 aromatic heterocycles. The maximum Gasteiger partial charge on any atom is 0.343 e. The average Bonchev–Trinajstić information content (AvgIpc) is 4.05. The van der Waals surface area contributed by atoms with Crippen LogP contribution in [0, 0.1) is 23.3 Å². The molecule has 0 unspecified atom stereocenters. The summed E-state index contributed by atoms with van der Waals surface area (Å²) in [5.41, 5.74) is 1.42. The molecule has 0 saturated carbocycles. The molecule has 23 heteroatoms. The molecule has 0 atom stereocenters. The molecule has 4 amide bonds. The number of aryl methyl sites for hydroxylation is 3. The van der Waals surface area contributed by atoms with Crippen LogP contribution in [0.1, 0.15) is 76.3 Å². The number of hydrogen-bond donors (Lipinski definition) is 4. The van der Waals surface area contributed by atoms with Crippen molar-refractivity contribution < 1.29 is 46.3 Å². The van der Waals surface area contributed by atoms with E-state index in [-0.39, 0.29) is 93.1 Å². The zero-order chi connectivity index (χ0) is 46.7. The molecule has 0 bridgehead atoms. The Labute approximate surface area is 367 Å². The van der Waals surface area contributed by atoms with Crippen LogP contribution in [0.3, 0.4) is 0 Å². The molecule has 3 aromatic carbocycles. The van der Waals surface area contributed by atoms with E-state index in [2.05, 4.69) is 56.9 Å². The predicted octanol–water partition coefficient (Wildman–Crippen LogP) is 3.27. The Morgan fingerprint density at radius 2 is 0.938 bits per heavy atom. The minimum atomic E-state index is -1.87. The van der Waals surface area contributed by atoms with Gasteiger partial charge in [0, 0.05) is 76.2 Å². The van der Waals surface area contributed by atoms with Gasteiger partial charge in [-0.25, -0.2) is 13.6 Å². The molecule has 6 rings (SSSR count). The molecular weight excluding hydrogens is 859 g/mol. The fourth-order valence-electron chi connectivity index (χ4n) is 6.60. The molecular formula is C42H43F4N13O6. The summed E-state index contributed by atoms with van der Waals surface area (Å²) in [6.07, 6.45) is 4.72. The van der Waals surface area contributed by atoms with Crippen molar-refractivity contribution in [3.8, 4) is 16.9 Å². The molecule has 0 aliphatic heterocycles. The maximum atomic E-state index is 14.1. The second-order valence-electron chi connectivity index (χ2n) is 15.1. The summed E-state index contributed by atoms with van der Waals surface area (Å²) in [6, 6.07) is 11.8. The zero-order valence-electron chi connectivity index (χ0n) is 35.3. The lowest BCUT2D eigenvalue weighted by atomic mass is 9.82. The Kier molecular flexibility index (Phi) is 15.1. The van der Waals surface area contributed by atoms with Crippen LogP contribution in [0.15, 0.2) is 73.2 Å². The van der Waals surface area contributed by atoms with Gasteiger partial charge in [0.25, 0.3) is 5.91 Å². The fraction of sp³-hybridized carbons (Fsp3) is 0.310. The predicted molar refractivity (Wildman–Crippen MR) is 220 cm³/mol. The highest BCUT2D eigenvalue weighted by molar-refractivity contribution is 5.95. The van der Waals surface area contributed by atoms with Crippen LogP contribution in [0.5, 0.6) is 5.75 Å². The number of esters is 1. The summed E-state index contributed by atoms with van der Waals surface area (Å²) in [5, 5.41) is 35.0. The van der Waals surface area contributed by atoms with Gasteiger partial charge in [-0.1, -0.05) is 39.9 Å². The van der Waals surface area contributed by atoms with Gasteiger partial charge < -0.3 is 26.0 Å². The Balaban J connectivity index is 1.18. The third kappa shape index (κ3) is 12.9. The van der Waals surface area contributed by atoms with Crippen molar-refractivity contribution in [2.24, 2.45) is 21.1 Å². The number of aromatic nitrogens is 9. The van der Waals surface area contributed by atoms with Crippen LogP contribution in [0.2, 0.25) is 0 Å². The van der Waals surface area contributed by atoms with Crippen molar-refractivity contribution >= 4 is 29.6 Å². The molecule has 3 heterocycles. The number of carbonyl (C=O) groups is 5. The normalized spacial score (nSPS) is 11.2. The smallest absolute Gasteiger partial charge is 0.343 e. The number of benzene rings is 3. The number of nitrogens with one attached hydrogen (secondary N) is 4. The molecule has 6 aromatic rings. The Morgan fingerprint density at radius 3 is 1.29 bits per heavy atom. The largest absolute Gasteiger partial charge is 0.416 e. The average molecular weight is 902 g/mol. The lowest BCUT2D eigenvalue weighted by Crippen LogP contribution is -2.50. The molecule has 0 radical (unpaired) electrons. The van der Waals surface area contributed by atoms with E-state index in [0.717, 1.165) is 0 Å². The summed E-state index contributed by atoms with van der Waals surface area (Å²) in [5.74, 6) is -11.7. The van der Waals surface area contributed by atoms with E-state index in [9.17, 15) is 41.5 Å². The number of rotatable bonds is 20. The quantitative estimate of drug-likeness (QED) is 0.0374. The first-order valence-corrected chi connectivity index (χ1v) is 20.0. The number of ether oxygens (including phenoxy) is 1. The van der Waals surface area contributed by atoms with Crippen LogP contribution in [0.25, 0.3) is 11.1 Å². The van der Waals surface area contributed by atoms with Gasteiger partial charge in [0.15, 0.2) is 11.6 Å². The second-order valence-corrected chi connectivity index (χ2v) is 15.1. The summed E-state index contributed by atoms with van der Waals surface area (Å²) in [7, 11) is 5.06. The van der Waals surface area contributed by atoms with Crippen molar-refractivity contribution in [2.75, 3.05) is 0 Å². The molecule has 0 saturated heterocycles. The SMILES string of the molecule is Cn1cc(CNC(=O)CCC(CCC(=O)NCc2cn(C)nn2)(CCC(=O)NCc2cn(C)nn2)NC(=O)c2ccc(-c3ccc(C(=O)Oc4c(F)c(F)cc(F)c4F)cc3)cc2)nn1. The maximum absolute atomic E-state index is 14.1. The lowest BCUT2D eigenvalue weighted by molar-refractivity contribution is -0.121. The van der Waals surface area contributed by atoms with Crippen molar-refractivity contribution in [1.29, 1.82) is 0 Å². The minimum absolute atomic E-state index is 0.00851. The van der Waals surface area contributed by atoms with Crippen molar-refractivity contribution in [3.63, 3.8) is 0 Å². The van der Waals surface area contributed by atoms with Crippen LogP contribution in [0.4, 0.5) is 17.6 Å². The molecule has 65 heavy (non-hydrogen) atoms. The Hall–Kier alpha value is -7.85. The Bertz CT molecular complexity index is 2500. The number of halogens is 4. The third-order valence-electron chi connectivity index (χ3n) is 10.1. The highest BCUT2D eigenvalue weighted by atomic mass is 19.2. The van der Waals surface area contributed by atoms with E-state index < -0.39 is 46.4 Å². The number of hydrogen-bond acceptors (Lipinski definition) is 12. The van der Waals surface area contributed by atoms with Gasteiger partial charge in [0.2, 0.25) is 35.1 Å². The highest BCUT2D eigenvalue weighted by Crippen LogP contribution is 2.29. The molecule has 0 fully saturated rings. The standard InChI is InChI=1S/C42H43F4N13O6/c1-57-22-29(51-54-57)19-47-34(60)12-15-42(16-13-35(61)48-20-30-23-58(2)55-52-30,17-14-36(62)49-21-31-24-59(3)56-53-31)50-40(63)27-8-4-25(5-9-27)26-6-10-28(11-7-26)41(64)65-39-37(45)32(43)18-33(44)38(39)46/h4-11,18,22-24H,12-17,19-21H2,1-3H3,(H,47,60)(H,48,61)(H,49,62)(H,50,63). The summed E-state index contributed by atoms with van der Waals surface area (Å²) in [4.78, 5) is 66.5. The van der Waals surface area contributed by atoms with E-state index in [4.69, 9.17) is 0 Å². The van der Waals surface area contributed by atoms with Crippen molar-refractivity contribution in [1.82, 2.24) is 66.2 Å².